The van der Waals surface area contributed by atoms with Crippen LogP contribution in [0.2, 0.25) is 0 Å². The zero-order valence-electron chi connectivity index (χ0n) is 10.5. The number of alkyl halides is 3. The van der Waals surface area contributed by atoms with Gasteiger partial charge < -0.3 is 10.6 Å². The van der Waals surface area contributed by atoms with Crippen molar-refractivity contribution in [2.45, 2.75) is 38.0 Å². The van der Waals surface area contributed by atoms with E-state index < -0.39 is 11.7 Å². The molecule has 0 aromatic heterocycles. The van der Waals surface area contributed by atoms with Gasteiger partial charge >= 0.3 is 6.18 Å². The molecule has 19 heavy (non-hydrogen) atoms. The van der Waals surface area contributed by atoms with Crippen LogP contribution in [0.1, 0.15) is 25.3 Å². The number of hydrogen-bond acceptors (Lipinski definition) is 2. The average Bonchev–Trinajstić information content (AvgIpc) is 2.28. The molecule has 1 aromatic carbocycles. The van der Waals surface area contributed by atoms with E-state index >= 15 is 0 Å². The number of halogens is 4. The van der Waals surface area contributed by atoms with E-state index in [9.17, 15) is 13.2 Å². The first-order chi connectivity index (χ1) is 8.79. The topological polar surface area (TPSA) is 29.3 Å². The maximum atomic E-state index is 13.1. The minimum atomic E-state index is -4.35. The Morgan fingerprint density at radius 3 is 2.63 bits per heavy atom. The summed E-state index contributed by atoms with van der Waals surface area (Å²) in [5.41, 5.74) is 5.51. The van der Waals surface area contributed by atoms with E-state index in [4.69, 9.17) is 5.73 Å². The van der Waals surface area contributed by atoms with E-state index in [1.54, 1.807) is 11.0 Å². The minimum Gasteiger partial charge on any atom is -0.368 e. The molecule has 2 N–H and O–H groups in total. The molecule has 1 aromatic rings. The third kappa shape index (κ3) is 3.23. The van der Waals surface area contributed by atoms with Crippen LogP contribution < -0.4 is 10.6 Å². The van der Waals surface area contributed by atoms with Gasteiger partial charge in [0.25, 0.3) is 0 Å². The van der Waals surface area contributed by atoms with Crippen LogP contribution in [0.3, 0.4) is 0 Å². The molecular weight excluding hydrogens is 321 g/mol. The molecule has 0 saturated carbocycles. The quantitative estimate of drug-likeness (QED) is 0.845. The maximum Gasteiger partial charge on any atom is 0.418 e. The molecule has 2 nitrogen and oxygen atoms in total. The number of piperidine rings is 1. The van der Waals surface area contributed by atoms with Gasteiger partial charge in [-0.2, -0.15) is 13.2 Å². The molecular formula is C13H16BrF3N2. The number of rotatable bonds is 1. The normalized spacial score (nSPS) is 24.6. The second-order valence-corrected chi connectivity index (χ2v) is 5.90. The third-order valence-corrected chi connectivity index (χ3v) is 3.98. The molecule has 6 heteroatoms. The Labute approximate surface area is 118 Å². The molecule has 2 unspecified atom stereocenters. The lowest BCUT2D eigenvalue weighted by Gasteiger charge is -2.39. The maximum absolute atomic E-state index is 13.1. The second-order valence-electron chi connectivity index (χ2n) is 4.99. The Hall–Kier alpha value is -0.750. The van der Waals surface area contributed by atoms with Crippen molar-refractivity contribution in [2.75, 3.05) is 11.4 Å². The van der Waals surface area contributed by atoms with E-state index in [-0.39, 0.29) is 17.8 Å². The van der Waals surface area contributed by atoms with Crippen LogP contribution >= 0.6 is 15.9 Å². The third-order valence-electron chi connectivity index (χ3n) is 3.49. The van der Waals surface area contributed by atoms with E-state index in [0.29, 0.717) is 17.4 Å². The second kappa shape index (κ2) is 5.32. The lowest BCUT2D eigenvalue weighted by Crippen LogP contribution is -2.46. The van der Waals surface area contributed by atoms with Crippen LogP contribution in [0.15, 0.2) is 22.7 Å². The van der Waals surface area contributed by atoms with Crippen molar-refractivity contribution in [3.63, 3.8) is 0 Å². The molecule has 1 aliphatic rings. The van der Waals surface area contributed by atoms with Crippen LogP contribution in [0, 0.1) is 0 Å². The largest absolute Gasteiger partial charge is 0.418 e. The van der Waals surface area contributed by atoms with Gasteiger partial charge in [0.2, 0.25) is 0 Å². The fourth-order valence-electron chi connectivity index (χ4n) is 2.55. The van der Waals surface area contributed by atoms with Crippen molar-refractivity contribution >= 4 is 21.6 Å². The highest BCUT2D eigenvalue weighted by molar-refractivity contribution is 9.10. The van der Waals surface area contributed by atoms with Gasteiger partial charge in [-0.3, -0.25) is 0 Å². The summed E-state index contributed by atoms with van der Waals surface area (Å²) in [5, 5.41) is 0. The predicted molar refractivity (Wildman–Crippen MR) is 73.2 cm³/mol. The van der Waals surface area contributed by atoms with E-state index in [2.05, 4.69) is 15.9 Å². The molecule has 0 amide bonds. The summed E-state index contributed by atoms with van der Waals surface area (Å²) in [6.07, 6.45) is -2.91. The zero-order valence-corrected chi connectivity index (χ0v) is 12.1. The van der Waals surface area contributed by atoms with Crippen LogP contribution in [-0.2, 0) is 6.18 Å². The van der Waals surface area contributed by atoms with Crippen molar-refractivity contribution in [3.8, 4) is 0 Å². The van der Waals surface area contributed by atoms with Crippen LogP contribution in [-0.4, -0.2) is 18.6 Å². The van der Waals surface area contributed by atoms with Gasteiger partial charge in [0.05, 0.1) is 5.56 Å². The summed E-state index contributed by atoms with van der Waals surface area (Å²) < 4.78 is 39.8. The van der Waals surface area contributed by atoms with Crippen molar-refractivity contribution in [1.29, 1.82) is 0 Å². The summed E-state index contributed by atoms with van der Waals surface area (Å²) in [5.74, 6) is 0. The minimum absolute atomic E-state index is 0.0195. The Balaban J connectivity index is 2.39. The van der Waals surface area contributed by atoms with Crippen LogP contribution in [0.4, 0.5) is 18.9 Å². The molecule has 1 fully saturated rings. The number of nitrogens with zero attached hydrogens (tertiary/aromatic N) is 1. The molecule has 0 radical (unpaired) electrons. The lowest BCUT2D eigenvalue weighted by atomic mass is 9.97. The summed E-state index contributed by atoms with van der Waals surface area (Å²) in [6.45, 7) is 2.48. The standard InChI is InChI=1S/C13H16BrF3N2/c1-8-6-10(18)4-5-19(8)12-3-2-9(14)7-11(12)13(15,16)17/h2-3,7-8,10H,4-6,18H2,1H3. The van der Waals surface area contributed by atoms with E-state index in [0.717, 1.165) is 12.5 Å². The summed E-state index contributed by atoms with van der Waals surface area (Å²) in [6, 6.07) is 4.41. The first-order valence-corrected chi connectivity index (χ1v) is 6.97. The Bertz CT molecular complexity index is 462. The first kappa shape index (κ1) is 14.7. The Kier molecular flexibility index (Phi) is 4.11. The summed E-state index contributed by atoms with van der Waals surface area (Å²) in [4.78, 5) is 1.80. The highest BCUT2D eigenvalue weighted by Gasteiger charge is 2.36. The predicted octanol–water partition coefficient (Wildman–Crippen LogP) is 3.78. The Morgan fingerprint density at radius 2 is 2.05 bits per heavy atom. The number of nitrogens with two attached hydrogens (primary N) is 1. The van der Waals surface area contributed by atoms with Gasteiger partial charge in [-0.25, -0.2) is 0 Å². The summed E-state index contributed by atoms with van der Waals surface area (Å²) in [7, 11) is 0. The first-order valence-electron chi connectivity index (χ1n) is 6.18. The van der Waals surface area contributed by atoms with E-state index in [1.807, 2.05) is 6.92 Å². The van der Waals surface area contributed by atoms with Gasteiger partial charge in [-0.1, -0.05) is 15.9 Å². The van der Waals surface area contributed by atoms with Gasteiger partial charge in [-0.05, 0) is 38.0 Å². The molecule has 1 heterocycles. The summed E-state index contributed by atoms with van der Waals surface area (Å²) >= 11 is 3.10. The van der Waals surface area contributed by atoms with Gasteiger partial charge in [0, 0.05) is 28.8 Å². The molecule has 0 aliphatic carbocycles. The number of hydrogen-bond donors (Lipinski definition) is 1. The molecule has 0 spiro atoms. The van der Waals surface area contributed by atoms with E-state index in [1.165, 1.54) is 6.07 Å². The Morgan fingerprint density at radius 1 is 1.37 bits per heavy atom. The number of anilines is 1. The van der Waals surface area contributed by atoms with Crippen molar-refractivity contribution in [3.05, 3.63) is 28.2 Å². The van der Waals surface area contributed by atoms with Crippen LogP contribution in [0.25, 0.3) is 0 Å². The molecule has 2 atom stereocenters. The average molecular weight is 337 g/mol. The highest BCUT2D eigenvalue weighted by atomic mass is 79.9. The lowest BCUT2D eigenvalue weighted by molar-refractivity contribution is -0.137. The van der Waals surface area contributed by atoms with Gasteiger partial charge in [0.15, 0.2) is 0 Å². The van der Waals surface area contributed by atoms with Gasteiger partial charge in [0.1, 0.15) is 0 Å². The fraction of sp³-hybridized carbons (Fsp3) is 0.538. The van der Waals surface area contributed by atoms with Crippen molar-refractivity contribution in [1.82, 2.24) is 0 Å². The molecule has 2 rings (SSSR count). The van der Waals surface area contributed by atoms with Gasteiger partial charge in [-0.15, -0.1) is 0 Å². The molecule has 1 aliphatic heterocycles. The number of benzene rings is 1. The SMILES string of the molecule is CC1CC(N)CCN1c1ccc(Br)cc1C(F)(F)F. The van der Waals surface area contributed by atoms with Crippen molar-refractivity contribution in [2.24, 2.45) is 5.73 Å². The monoisotopic (exact) mass is 336 g/mol. The fourth-order valence-corrected chi connectivity index (χ4v) is 2.91. The van der Waals surface area contributed by atoms with Crippen LogP contribution in [0.5, 0.6) is 0 Å². The highest BCUT2D eigenvalue weighted by Crippen LogP contribution is 2.39. The molecule has 1 saturated heterocycles. The molecule has 106 valence electrons. The smallest absolute Gasteiger partial charge is 0.368 e. The zero-order chi connectivity index (χ0) is 14.2. The van der Waals surface area contributed by atoms with Crippen molar-refractivity contribution < 1.29 is 13.2 Å². The molecule has 0 bridgehead atoms.